The van der Waals surface area contributed by atoms with Gasteiger partial charge < -0.3 is 5.32 Å². The smallest absolute Gasteiger partial charge is 0.0221 e. The highest BCUT2D eigenvalue weighted by molar-refractivity contribution is 4.82. The minimum atomic E-state index is 0.821. The number of rotatable bonds is 4. The molecule has 0 aromatic carbocycles. The van der Waals surface area contributed by atoms with Gasteiger partial charge in [0.2, 0.25) is 0 Å². The Balaban J connectivity index is 1.69. The molecule has 2 nitrogen and oxygen atoms in total. The molecular formula is C14H28N2. The van der Waals surface area contributed by atoms with Crippen LogP contribution in [0.5, 0.6) is 0 Å². The molecule has 1 atom stereocenters. The summed E-state index contributed by atoms with van der Waals surface area (Å²) in [6, 6.07) is 1.65. The van der Waals surface area contributed by atoms with Crippen LogP contribution < -0.4 is 5.32 Å². The molecule has 2 aliphatic rings. The van der Waals surface area contributed by atoms with Crippen LogP contribution in [-0.4, -0.2) is 36.6 Å². The molecule has 1 saturated carbocycles. The van der Waals surface area contributed by atoms with Crippen molar-refractivity contribution in [3.8, 4) is 0 Å². The van der Waals surface area contributed by atoms with E-state index in [0.717, 1.165) is 12.1 Å². The second-order valence-electron chi connectivity index (χ2n) is 5.52. The molecule has 1 saturated heterocycles. The summed E-state index contributed by atoms with van der Waals surface area (Å²) < 4.78 is 0. The third-order valence-electron chi connectivity index (χ3n) is 4.40. The Hall–Kier alpha value is -0.0800. The average Bonchev–Trinajstić information content (AvgIpc) is 2.60. The van der Waals surface area contributed by atoms with E-state index in [9.17, 15) is 0 Å². The molecule has 16 heavy (non-hydrogen) atoms. The number of hydrogen-bond donors (Lipinski definition) is 1. The van der Waals surface area contributed by atoms with E-state index in [0.29, 0.717) is 0 Å². The van der Waals surface area contributed by atoms with Gasteiger partial charge in [0.15, 0.2) is 0 Å². The first-order chi connectivity index (χ1) is 7.90. The summed E-state index contributed by atoms with van der Waals surface area (Å²) in [5.41, 5.74) is 0. The highest BCUT2D eigenvalue weighted by atomic mass is 15.2. The lowest BCUT2D eigenvalue weighted by Crippen LogP contribution is -2.41. The van der Waals surface area contributed by atoms with Crippen molar-refractivity contribution in [1.29, 1.82) is 0 Å². The Morgan fingerprint density at radius 1 is 1.00 bits per heavy atom. The summed E-state index contributed by atoms with van der Waals surface area (Å²) in [5, 5.41) is 3.83. The normalized spacial score (nSPS) is 29.4. The predicted octanol–water partition coefficient (Wildman–Crippen LogP) is 2.78. The van der Waals surface area contributed by atoms with Gasteiger partial charge in [-0.3, -0.25) is 4.90 Å². The quantitative estimate of drug-likeness (QED) is 0.739. The Morgan fingerprint density at radius 2 is 1.75 bits per heavy atom. The number of likely N-dealkylation sites (N-methyl/N-ethyl adjacent to an activating group) is 1. The van der Waals surface area contributed by atoms with Gasteiger partial charge in [0.05, 0.1) is 0 Å². The lowest BCUT2D eigenvalue weighted by molar-refractivity contribution is 0.251. The third-order valence-corrected chi connectivity index (χ3v) is 4.40. The van der Waals surface area contributed by atoms with Crippen molar-refractivity contribution in [3.05, 3.63) is 0 Å². The minimum Gasteiger partial charge on any atom is -0.312 e. The van der Waals surface area contributed by atoms with E-state index < -0.39 is 0 Å². The summed E-state index contributed by atoms with van der Waals surface area (Å²) in [5.74, 6) is 0. The molecule has 2 fully saturated rings. The minimum absolute atomic E-state index is 0.821. The first kappa shape index (κ1) is 12.4. The van der Waals surface area contributed by atoms with Crippen LogP contribution >= 0.6 is 0 Å². The van der Waals surface area contributed by atoms with Gasteiger partial charge in [0.25, 0.3) is 0 Å². The lowest BCUT2D eigenvalue weighted by Gasteiger charge is -2.25. The third kappa shape index (κ3) is 3.46. The van der Waals surface area contributed by atoms with Gasteiger partial charge in [-0.1, -0.05) is 32.6 Å². The van der Waals surface area contributed by atoms with Crippen molar-refractivity contribution >= 4 is 0 Å². The fourth-order valence-corrected chi connectivity index (χ4v) is 3.33. The first-order valence-corrected chi connectivity index (χ1v) is 7.37. The second kappa shape index (κ2) is 6.61. The summed E-state index contributed by atoms with van der Waals surface area (Å²) in [4.78, 5) is 2.64. The molecule has 0 bridgehead atoms. The second-order valence-corrected chi connectivity index (χ2v) is 5.52. The summed E-state index contributed by atoms with van der Waals surface area (Å²) in [7, 11) is 0. The van der Waals surface area contributed by atoms with E-state index in [-0.39, 0.29) is 0 Å². The van der Waals surface area contributed by atoms with Gasteiger partial charge in [-0.2, -0.15) is 0 Å². The van der Waals surface area contributed by atoms with E-state index in [1.807, 2.05) is 0 Å². The molecule has 0 amide bonds. The largest absolute Gasteiger partial charge is 0.312 e. The lowest BCUT2D eigenvalue weighted by atomic mass is 10.1. The van der Waals surface area contributed by atoms with Crippen molar-refractivity contribution in [3.63, 3.8) is 0 Å². The Labute approximate surface area is 101 Å². The molecule has 1 aliphatic heterocycles. The molecular weight excluding hydrogens is 196 g/mol. The topological polar surface area (TPSA) is 15.3 Å². The zero-order valence-electron chi connectivity index (χ0n) is 10.9. The van der Waals surface area contributed by atoms with Crippen molar-refractivity contribution < 1.29 is 0 Å². The zero-order valence-corrected chi connectivity index (χ0v) is 10.9. The van der Waals surface area contributed by atoms with Crippen LogP contribution in [0.15, 0.2) is 0 Å². The predicted molar refractivity (Wildman–Crippen MR) is 69.8 cm³/mol. The van der Waals surface area contributed by atoms with Gasteiger partial charge in [-0.15, -0.1) is 0 Å². The van der Waals surface area contributed by atoms with E-state index in [1.54, 1.807) is 0 Å². The van der Waals surface area contributed by atoms with Crippen LogP contribution in [0.25, 0.3) is 0 Å². The van der Waals surface area contributed by atoms with Crippen molar-refractivity contribution in [1.82, 2.24) is 10.2 Å². The number of nitrogens with zero attached hydrogens (tertiary/aromatic N) is 1. The molecule has 1 unspecified atom stereocenters. The molecule has 0 aromatic heterocycles. The molecule has 2 rings (SSSR count). The van der Waals surface area contributed by atoms with Crippen LogP contribution in [0, 0.1) is 0 Å². The molecule has 1 heterocycles. The van der Waals surface area contributed by atoms with E-state index in [4.69, 9.17) is 0 Å². The van der Waals surface area contributed by atoms with Gasteiger partial charge in [0, 0.05) is 18.6 Å². The van der Waals surface area contributed by atoms with Crippen LogP contribution in [0.2, 0.25) is 0 Å². The molecule has 0 radical (unpaired) electrons. The van der Waals surface area contributed by atoms with Crippen LogP contribution in [0.4, 0.5) is 0 Å². The highest BCUT2D eigenvalue weighted by Gasteiger charge is 2.23. The van der Waals surface area contributed by atoms with E-state index >= 15 is 0 Å². The summed E-state index contributed by atoms with van der Waals surface area (Å²) >= 11 is 0. The standard InChI is InChI=1S/C14H28N2/c1-2-16-11-7-10-14(16)12-15-13-8-5-3-4-6-9-13/h13-15H,2-12H2,1H3. The molecule has 0 spiro atoms. The summed E-state index contributed by atoms with van der Waals surface area (Å²) in [6.07, 6.45) is 11.5. The maximum absolute atomic E-state index is 3.83. The zero-order chi connectivity index (χ0) is 11.2. The fraction of sp³-hybridized carbons (Fsp3) is 1.00. The molecule has 0 aromatic rings. The van der Waals surface area contributed by atoms with Crippen LogP contribution in [-0.2, 0) is 0 Å². The maximum atomic E-state index is 3.83. The van der Waals surface area contributed by atoms with Crippen molar-refractivity contribution in [2.24, 2.45) is 0 Å². The molecule has 1 aliphatic carbocycles. The number of likely N-dealkylation sites (tertiary alicyclic amines) is 1. The van der Waals surface area contributed by atoms with E-state index in [1.165, 1.54) is 71.0 Å². The van der Waals surface area contributed by atoms with Crippen molar-refractivity contribution in [2.45, 2.75) is 70.4 Å². The molecule has 94 valence electrons. The van der Waals surface area contributed by atoms with Crippen LogP contribution in [0.1, 0.15) is 58.3 Å². The van der Waals surface area contributed by atoms with Gasteiger partial charge >= 0.3 is 0 Å². The van der Waals surface area contributed by atoms with Crippen molar-refractivity contribution in [2.75, 3.05) is 19.6 Å². The maximum Gasteiger partial charge on any atom is 0.0221 e. The molecule has 1 N–H and O–H groups in total. The Bertz CT molecular complexity index is 185. The first-order valence-electron chi connectivity index (χ1n) is 7.37. The average molecular weight is 224 g/mol. The van der Waals surface area contributed by atoms with Gasteiger partial charge in [-0.05, 0) is 38.8 Å². The SMILES string of the molecule is CCN1CCCC1CNC1CCCCCC1. The fourth-order valence-electron chi connectivity index (χ4n) is 3.33. The number of nitrogens with one attached hydrogen (secondary N) is 1. The highest BCUT2D eigenvalue weighted by Crippen LogP contribution is 2.19. The number of hydrogen-bond acceptors (Lipinski definition) is 2. The van der Waals surface area contributed by atoms with Gasteiger partial charge in [0.1, 0.15) is 0 Å². The van der Waals surface area contributed by atoms with Gasteiger partial charge in [-0.25, -0.2) is 0 Å². The Kier molecular flexibility index (Phi) is 5.11. The monoisotopic (exact) mass is 224 g/mol. The summed E-state index contributed by atoms with van der Waals surface area (Å²) in [6.45, 7) is 6.09. The van der Waals surface area contributed by atoms with Crippen LogP contribution in [0.3, 0.4) is 0 Å². The van der Waals surface area contributed by atoms with E-state index in [2.05, 4.69) is 17.1 Å². The Morgan fingerprint density at radius 3 is 2.44 bits per heavy atom. The molecule has 2 heteroatoms.